The second kappa shape index (κ2) is 10.1. The quantitative estimate of drug-likeness (QED) is 0.471. The van der Waals surface area contributed by atoms with Crippen LogP contribution in [-0.4, -0.2) is 36.8 Å². The van der Waals surface area contributed by atoms with Crippen molar-refractivity contribution in [1.29, 1.82) is 0 Å². The normalized spacial score (nSPS) is 11.1. The van der Waals surface area contributed by atoms with E-state index in [2.05, 4.69) is 10.3 Å². The van der Waals surface area contributed by atoms with E-state index in [0.29, 0.717) is 24.7 Å². The number of sulfone groups is 1. The van der Waals surface area contributed by atoms with Crippen molar-refractivity contribution in [3.05, 3.63) is 72.1 Å². The highest BCUT2D eigenvalue weighted by Gasteiger charge is 2.17. The molecule has 32 heavy (non-hydrogen) atoms. The van der Waals surface area contributed by atoms with Crippen molar-refractivity contribution < 1.29 is 27.8 Å². The summed E-state index contributed by atoms with van der Waals surface area (Å²) in [6.45, 7) is 4.01. The highest BCUT2D eigenvalue weighted by atomic mass is 32.2. The first-order valence-electron chi connectivity index (χ1n) is 9.99. The zero-order valence-electron chi connectivity index (χ0n) is 17.7. The fraction of sp³-hybridized carbons (Fsp3) is 0.217. The van der Waals surface area contributed by atoms with Gasteiger partial charge in [0.25, 0.3) is 5.91 Å². The molecule has 0 saturated carbocycles. The number of aromatic hydroxyl groups is 1. The van der Waals surface area contributed by atoms with Gasteiger partial charge in [-0.1, -0.05) is 6.92 Å². The molecule has 9 heteroatoms. The molecule has 0 saturated heterocycles. The molecule has 0 bridgehead atoms. The van der Waals surface area contributed by atoms with Crippen molar-refractivity contribution in [1.82, 2.24) is 4.98 Å². The number of nitrogens with one attached hydrogen (secondary N) is 1. The van der Waals surface area contributed by atoms with Gasteiger partial charge in [-0.2, -0.15) is 0 Å². The Hall–Kier alpha value is -3.59. The first kappa shape index (κ1) is 23.1. The van der Waals surface area contributed by atoms with Gasteiger partial charge in [0.2, 0.25) is 0 Å². The van der Waals surface area contributed by atoms with Gasteiger partial charge in [-0.3, -0.25) is 9.78 Å². The average Bonchev–Trinajstić information content (AvgIpc) is 2.80. The minimum atomic E-state index is -3.49. The first-order chi connectivity index (χ1) is 15.3. The van der Waals surface area contributed by atoms with Crippen molar-refractivity contribution in [2.75, 3.05) is 17.7 Å². The van der Waals surface area contributed by atoms with E-state index in [1.54, 1.807) is 24.5 Å². The molecule has 0 aliphatic rings. The molecule has 0 atom stereocenters. The van der Waals surface area contributed by atoms with Gasteiger partial charge < -0.3 is 19.9 Å². The summed E-state index contributed by atoms with van der Waals surface area (Å²) in [7, 11) is -3.49. The molecule has 0 radical (unpaired) electrons. The lowest BCUT2D eigenvalue weighted by Crippen LogP contribution is -2.13. The number of phenolic OH excluding ortho intramolecular Hbond substituents is 1. The Kier molecular flexibility index (Phi) is 7.32. The number of hydrogen-bond acceptors (Lipinski definition) is 7. The molecule has 0 aliphatic heterocycles. The summed E-state index contributed by atoms with van der Waals surface area (Å²) in [6, 6.07) is 12.2. The van der Waals surface area contributed by atoms with E-state index >= 15 is 0 Å². The van der Waals surface area contributed by atoms with Crippen molar-refractivity contribution in [3.8, 4) is 17.2 Å². The second-order valence-electron chi connectivity index (χ2n) is 6.78. The number of pyridine rings is 1. The summed E-state index contributed by atoms with van der Waals surface area (Å²) < 4.78 is 35.7. The van der Waals surface area contributed by atoms with Crippen LogP contribution in [0, 0.1) is 0 Å². The van der Waals surface area contributed by atoms with Gasteiger partial charge in [-0.15, -0.1) is 0 Å². The largest absolute Gasteiger partial charge is 0.506 e. The van der Waals surface area contributed by atoms with Gasteiger partial charge >= 0.3 is 0 Å². The number of anilines is 1. The number of hydrogen-bond donors (Lipinski definition) is 2. The maximum atomic E-state index is 12.8. The van der Waals surface area contributed by atoms with Gasteiger partial charge in [0.05, 0.1) is 22.9 Å². The predicted octanol–water partition coefficient (Wildman–Crippen LogP) is 3.81. The maximum Gasteiger partial charge on any atom is 0.255 e. The van der Waals surface area contributed by atoms with Crippen molar-refractivity contribution in [2.24, 2.45) is 0 Å². The molecule has 2 aromatic carbocycles. The molecule has 0 aliphatic carbocycles. The number of ether oxygens (including phenoxy) is 2. The number of nitrogens with zero attached hydrogens (tertiary/aromatic N) is 1. The third-order valence-corrected chi connectivity index (χ3v) is 6.34. The van der Waals surface area contributed by atoms with Crippen LogP contribution in [0.25, 0.3) is 0 Å². The fourth-order valence-electron chi connectivity index (χ4n) is 2.85. The zero-order valence-corrected chi connectivity index (χ0v) is 18.6. The lowest BCUT2D eigenvalue weighted by atomic mass is 10.1. The number of carbonyl (C=O) groups is 1. The molecule has 2 N–H and O–H groups in total. The molecule has 0 fully saturated rings. The van der Waals surface area contributed by atoms with Crippen LogP contribution in [0.2, 0.25) is 0 Å². The van der Waals surface area contributed by atoms with Crippen LogP contribution in [0.15, 0.2) is 65.8 Å². The van der Waals surface area contributed by atoms with Crippen LogP contribution in [-0.2, 0) is 16.4 Å². The van der Waals surface area contributed by atoms with Gasteiger partial charge in [-0.25, -0.2) is 8.42 Å². The number of amides is 1. The van der Waals surface area contributed by atoms with E-state index in [4.69, 9.17) is 9.47 Å². The van der Waals surface area contributed by atoms with E-state index in [1.807, 2.05) is 19.1 Å². The molecule has 3 rings (SSSR count). The molecular formula is C23H24N2O6S. The topological polar surface area (TPSA) is 115 Å². The maximum absolute atomic E-state index is 12.8. The Bertz CT molecular complexity index is 1200. The molecule has 0 unspecified atom stereocenters. The SMILES string of the molecule is CCOc1cc(C(=O)Nc2cc(S(=O)(=O)CC)ccc2O)ccc1OCc1ccncc1. The van der Waals surface area contributed by atoms with Crippen LogP contribution < -0.4 is 14.8 Å². The molecule has 1 amide bonds. The predicted molar refractivity (Wildman–Crippen MR) is 120 cm³/mol. The summed E-state index contributed by atoms with van der Waals surface area (Å²) in [5, 5.41) is 12.6. The Morgan fingerprint density at radius 3 is 2.44 bits per heavy atom. The average molecular weight is 457 g/mol. The summed E-state index contributed by atoms with van der Waals surface area (Å²) in [5.41, 5.74) is 1.19. The van der Waals surface area contributed by atoms with Gasteiger partial charge in [0, 0.05) is 18.0 Å². The lowest BCUT2D eigenvalue weighted by molar-refractivity contribution is 0.102. The van der Waals surface area contributed by atoms with Crippen molar-refractivity contribution >= 4 is 21.4 Å². The highest BCUT2D eigenvalue weighted by Crippen LogP contribution is 2.31. The minimum Gasteiger partial charge on any atom is -0.506 e. The lowest BCUT2D eigenvalue weighted by Gasteiger charge is -2.14. The molecular weight excluding hydrogens is 432 g/mol. The van der Waals surface area contributed by atoms with Crippen LogP contribution in [0.5, 0.6) is 17.2 Å². The van der Waals surface area contributed by atoms with E-state index in [0.717, 1.165) is 5.56 Å². The molecule has 1 aromatic heterocycles. The van der Waals surface area contributed by atoms with Gasteiger partial charge in [-0.05, 0) is 61.0 Å². The Labute approximate surface area is 186 Å². The van der Waals surface area contributed by atoms with Crippen molar-refractivity contribution in [2.45, 2.75) is 25.3 Å². The highest BCUT2D eigenvalue weighted by molar-refractivity contribution is 7.91. The van der Waals surface area contributed by atoms with Crippen LogP contribution in [0.4, 0.5) is 5.69 Å². The summed E-state index contributed by atoms with van der Waals surface area (Å²) in [5.74, 6) is -0.00679. The third kappa shape index (κ3) is 5.55. The molecule has 8 nitrogen and oxygen atoms in total. The number of phenols is 1. The Morgan fingerprint density at radius 1 is 1.00 bits per heavy atom. The molecule has 168 valence electrons. The van der Waals surface area contributed by atoms with E-state index in [9.17, 15) is 18.3 Å². The van der Waals surface area contributed by atoms with Crippen molar-refractivity contribution in [3.63, 3.8) is 0 Å². The van der Waals surface area contributed by atoms with E-state index in [-0.39, 0.29) is 27.6 Å². The Balaban J connectivity index is 1.81. The van der Waals surface area contributed by atoms with Crippen LogP contribution in [0.3, 0.4) is 0 Å². The monoisotopic (exact) mass is 456 g/mol. The number of carbonyl (C=O) groups excluding carboxylic acids is 1. The summed E-state index contributed by atoms with van der Waals surface area (Å²) in [4.78, 5) is 16.8. The third-order valence-electron chi connectivity index (χ3n) is 4.60. The molecule has 0 spiro atoms. The Morgan fingerprint density at radius 2 is 1.75 bits per heavy atom. The fourth-order valence-corrected chi connectivity index (χ4v) is 3.75. The minimum absolute atomic E-state index is 0.000462. The van der Waals surface area contributed by atoms with Gasteiger partial charge in [0.1, 0.15) is 12.4 Å². The van der Waals surface area contributed by atoms with Crippen LogP contribution >= 0.6 is 0 Å². The summed E-state index contributed by atoms with van der Waals surface area (Å²) in [6.07, 6.45) is 3.34. The second-order valence-corrected chi connectivity index (χ2v) is 9.05. The summed E-state index contributed by atoms with van der Waals surface area (Å²) >= 11 is 0. The standard InChI is InChI=1S/C23H24N2O6S/c1-3-30-22-13-17(5-8-21(22)31-15-16-9-11-24-12-10-16)23(27)25-19-14-18(6-7-20(19)26)32(28,29)4-2/h5-14,26H,3-4,15H2,1-2H3,(H,25,27). The number of rotatable bonds is 9. The molecule has 3 aromatic rings. The van der Waals surface area contributed by atoms with E-state index < -0.39 is 15.7 Å². The number of benzene rings is 2. The zero-order chi connectivity index (χ0) is 23.1. The van der Waals surface area contributed by atoms with Crippen LogP contribution in [0.1, 0.15) is 29.8 Å². The smallest absolute Gasteiger partial charge is 0.255 e. The number of aromatic nitrogens is 1. The van der Waals surface area contributed by atoms with Gasteiger partial charge in [0.15, 0.2) is 21.3 Å². The molecule has 1 heterocycles. The van der Waals surface area contributed by atoms with E-state index in [1.165, 1.54) is 31.2 Å². The first-order valence-corrected chi connectivity index (χ1v) is 11.6.